The van der Waals surface area contributed by atoms with Crippen LogP contribution in [0.25, 0.3) is 5.57 Å². The van der Waals surface area contributed by atoms with Crippen LogP contribution in [0.15, 0.2) is 30.8 Å². The van der Waals surface area contributed by atoms with E-state index in [0.29, 0.717) is 12.8 Å². The molecule has 0 amide bonds. The first kappa shape index (κ1) is 17.5. The lowest BCUT2D eigenvalue weighted by atomic mass is 9.89. The van der Waals surface area contributed by atoms with Gasteiger partial charge < -0.3 is 0 Å². The molecule has 1 aliphatic rings. The Morgan fingerprint density at radius 1 is 1.19 bits per heavy atom. The molecule has 114 valence electrons. The van der Waals surface area contributed by atoms with Gasteiger partial charge in [-0.25, -0.2) is 4.39 Å². The van der Waals surface area contributed by atoms with Gasteiger partial charge in [0.25, 0.3) is 0 Å². The Labute approximate surface area is 129 Å². The summed E-state index contributed by atoms with van der Waals surface area (Å²) in [6, 6.07) is 8.01. The molecular formula is C20H27F. The first-order valence-electron chi connectivity index (χ1n) is 8.03. The third-order valence-electron chi connectivity index (χ3n) is 3.62. The van der Waals surface area contributed by atoms with E-state index in [0.717, 1.165) is 42.4 Å². The van der Waals surface area contributed by atoms with E-state index in [1.807, 2.05) is 45.0 Å². The molecule has 0 spiro atoms. The molecule has 21 heavy (non-hydrogen) atoms. The van der Waals surface area contributed by atoms with Crippen LogP contribution in [0.4, 0.5) is 4.39 Å². The van der Waals surface area contributed by atoms with E-state index in [-0.39, 0.29) is 0 Å². The summed E-state index contributed by atoms with van der Waals surface area (Å²) in [6.07, 6.45) is 4.93. The molecule has 0 heterocycles. The normalized spacial score (nSPS) is 21.0. The molecule has 0 aliphatic heterocycles. The highest BCUT2D eigenvalue weighted by atomic mass is 19.1. The van der Waals surface area contributed by atoms with Gasteiger partial charge in [0.05, 0.1) is 0 Å². The fourth-order valence-electron chi connectivity index (χ4n) is 2.44. The van der Waals surface area contributed by atoms with Gasteiger partial charge in [0.1, 0.15) is 0 Å². The Kier molecular flexibility index (Phi) is 7.23. The molecule has 1 heteroatoms. The number of hydrogen-bond donors (Lipinski definition) is 0. The third-order valence-corrected chi connectivity index (χ3v) is 3.62. The van der Waals surface area contributed by atoms with Crippen molar-refractivity contribution in [1.29, 1.82) is 0 Å². The molecule has 1 aliphatic carbocycles. The van der Waals surface area contributed by atoms with Crippen molar-refractivity contribution in [2.75, 3.05) is 0 Å². The summed E-state index contributed by atoms with van der Waals surface area (Å²) >= 11 is 0. The maximum atomic E-state index is 14.8. The second-order valence-electron chi connectivity index (χ2n) is 5.48. The van der Waals surface area contributed by atoms with Crippen LogP contribution in [0.3, 0.4) is 0 Å². The Morgan fingerprint density at radius 3 is 2.48 bits per heavy atom. The average molecular weight is 286 g/mol. The maximum absolute atomic E-state index is 14.8. The minimum absolute atomic E-state index is 0.399. The number of allylic oxidation sites excluding steroid dienone is 1. The first-order valence-corrected chi connectivity index (χ1v) is 8.03. The molecule has 0 aromatic heterocycles. The van der Waals surface area contributed by atoms with Gasteiger partial charge in [-0.05, 0) is 37.3 Å². The smallest absolute Gasteiger partial charge is 0.174 e. The molecule has 0 fully saturated rings. The fourth-order valence-corrected chi connectivity index (χ4v) is 2.44. The quantitative estimate of drug-likeness (QED) is 0.601. The van der Waals surface area contributed by atoms with Gasteiger partial charge in [-0.15, -0.1) is 0 Å². The van der Waals surface area contributed by atoms with E-state index in [4.69, 9.17) is 0 Å². The molecule has 0 saturated carbocycles. The lowest BCUT2D eigenvalue weighted by Gasteiger charge is -2.21. The highest BCUT2D eigenvalue weighted by Crippen LogP contribution is 2.26. The zero-order chi connectivity index (χ0) is 15.7. The van der Waals surface area contributed by atoms with Gasteiger partial charge in [0.2, 0.25) is 0 Å². The van der Waals surface area contributed by atoms with Crippen LogP contribution in [-0.2, 0) is 6.42 Å². The average Bonchev–Trinajstić information content (AvgIpc) is 2.46. The van der Waals surface area contributed by atoms with Crippen LogP contribution in [0.2, 0.25) is 0 Å². The van der Waals surface area contributed by atoms with Gasteiger partial charge in [-0.3, -0.25) is 0 Å². The van der Waals surface area contributed by atoms with E-state index < -0.39 is 5.67 Å². The molecule has 0 bridgehead atoms. The molecule has 0 radical (unpaired) electrons. The fraction of sp³-hybridized carbons (Fsp3) is 0.500. The summed E-state index contributed by atoms with van der Waals surface area (Å²) in [5.74, 6) is 5.84. The number of hydrogen-bond acceptors (Lipinski definition) is 0. The molecule has 0 saturated heterocycles. The van der Waals surface area contributed by atoms with Gasteiger partial charge in [-0.2, -0.15) is 0 Å². The second kappa shape index (κ2) is 8.67. The van der Waals surface area contributed by atoms with Crippen LogP contribution in [-0.4, -0.2) is 5.67 Å². The number of alkyl halides is 1. The van der Waals surface area contributed by atoms with Crippen molar-refractivity contribution in [3.63, 3.8) is 0 Å². The molecule has 1 unspecified atom stereocenters. The highest BCUT2D eigenvalue weighted by molar-refractivity contribution is 5.61. The second-order valence-corrected chi connectivity index (χ2v) is 5.48. The lowest BCUT2D eigenvalue weighted by molar-refractivity contribution is 0.217. The number of benzene rings is 1. The van der Waals surface area contributed by atoms with Crippen LogP contribution < -0.4 is 0 Å². The first-order chi connectivity index (χ1) is 10.1. The summed E-state index contributed by atoms with van der Waals surface area (Å²) < 4.78 is 14.8. The van der Waals surface area contributed by atoms with E-state index in [9.17, 15) is 4.39 Å². The van der Waals surface area contributed by atoms with Crippen LogP contribution in [0.1, 0.15) is 64.0 Å². The molecule has 1 aromatic carbocycles. The maximum Gasteiger partial charge on any atom is 0.174 e. The highest BCUT2D eigenvalue weighted by Gasteiger charge is 2.27. The summed E-state index contributed by atoms with van der Waals surface area (Å²) in [5, 5.41) is 0. The molecule has 2 rings (SSSR count). The zero-order valence-electron chi connectivity index (χ0n) is 13.6. The minimum Gasteiger partial charge on any atom is -0.229 e. The van der Waals surface area contributed by atoms with Crippen molar-refractivity contribution in [2.24, 2.45) is 0 Å². The van der Waals surface area contributed by atoms with Crippen molar-refractivity contribution in [2.45, 2.75) is 65.0 Å². The minimum atomic E-state index is -1.34. The van der Waals surface area contributed by atoms with Crippen LogP contribution >= 0.6 is 0 Å². The summed E-state index contributed by atoms with van der Waals surface area (Å²) in [4.78, 5) is 0. The van der Waals surface area contributed by atoms with Gasteiger partial charge in [0.15, 0.2) is 5.67 Å². The predicted octanol–water partition coefficient (Wildman–Crippen LogP) is 5.96. The molecule has 0 N–H and O–H groups in total. The molecule has 0 nitrogen and oxygen atoms in total. The Morgan fingerprint density at radius 2 is 1.86 bits per heavy atom. The van der Waals surface area contributed by atoms with E-state index in [2.05, 4.69) is 18.4 Å². The SMILES string of the molecule is C=C(C)c1ccc(CC2(F)C#CCCCCC2)cc1.CC. The number of halogens is 1. The van der Waals surface area contributed by atoms with E-state index in [1.165, 1.54) is 0 Å². The van der Waals surface area contributed by atoms with E-state index >= 15 is 0 Å². The monoisotopic (exact) mass is 286 g/mol. The Bertz CT molecular complexity index is 501. The Balaban J connectivity index is 0.00000106. The zero-order valence-corrected chi connectivity index (χ0v) is 13.6. The third kappa shape index (κ3) is 5.76. The van der Waals surface area contributed by atoms with Crippen molar-refractivity contribution in [3.8, 4) is 11.8 Å². The van der Waals surface area contributed by atoms with Crippen molar-refractivity contribution >= 4 is 5.57 Å². The van der Waals surface area contributed by atoms with Gasteiger partial charge in [-0.1, -0.05) is 68.5 Å². The van der Waals surface area contributed by atoms with Crippen molar-refractivity contribution < 1.29 is 4.39 Å². The van der Waals surface area contributed by atoms with Crippen LogP contribution in [0.5, 0.6) is 0 Å². The standard InChI is InChI=1S/C18H21F.C2H6/c1-15(2)17-10-8-16(9-11-17)14-18(19)12-6-4-3-5-7-13-18;1-2/h8-11H,1,3-6,12,14H2,2H3;1-2H3. The number of rotatable bonds is 3. The topological polar surface area (TPSA) is 0 Å². The lowest BCUT2D eigenvalue weighted by Crippen LogP contribution is -2.24. The van der Waals surface area contributed by atoms with E-state index in [1.54, 1.807) is 0 Å². The van der Waals surface area contributed by atoms with Gasteiger partial charge >= 0.3 is 0 Å². The van der Waals surface area contributed by atoms with Gasteiger partial charge in [0, 0.05) is 12.8 Å². The summed E-state index contributed by atoms with van der Waals surface area (Å²) in [7, 11) is 0. The summed E-state index contributed by atoms with van der Waals surface area (Å²) in [5.41, 5.74) is 1.82. The van der Waals surface area contributed by atoms with Crippen LogP contribution in [0, 0.1) is 11.8 Å². The Hall–Kier alpha value is -1.55. The molecular weight excluding hydrogens is 259 g/mol. The van der Waals surface area contributed by atoms with Crippen molar-refractivity contribution in [3.05, 3.63) is 42.0 Å². The molecule has 1 atom stereocenters. The summed E-state index contributed by atoms with van der Waals surface area (Å²) in [6.45, 7) is 9.89. The largest absolute Gasteiger partial charge is 0.229 e. The van der Waals surface area contributed by atoms with Crippen molar-refractivity contribution in [1.82, 2.24) is 0 Å². The molecule has 1 aromatic rings. The predicted molar refractivity (Wildman–Crippen MR) is 90.9 cm³/mol.